The zero-order valence-corrected chi connectivity index (χ0v) is 10.6. The Hall–Kier alpha value is -2.68. The number of fused-ring (bicyclic) bond motifs is 1. The van der Waals surface area contributed by atoms with Crippen LogP contribution in [0, 0.1) is 11.3 Å². The van der Waals surface area contributed by atoms with Gasteiger partial charge in [-0.1, -0.05) is 0 Å². The highest BCUT2D eigenvalue weighted by atomic mass is 19.4. The number of benzene rings is 2. The van der Waals surface area contributed by atoms with Crippen molar-refractivity contribution in [2.45, 2.75) is 12.8 Å². The maximum Gasteiger partial charge on any atom is 0.417 e. The molecule has 106 valence electrons. The fourth-order valence-electron chi connectivity index (χ4n) is 2.00. The molecule has 0 saturated heterocycles. The van der Waals surface area contributed by atoms with Gasteiger partial charge in [-0.2, -0.15) is 18.4 Å². The van der Waals surface area contributed by atoms with Crippen LogP contribution in [-0.4, -0.2) is 0 Å². The molecule has 1 aliphatic heterocycles. The van der Waals surface area contributed by atoms with Gasteiger partial charge in [0.1, 0.15) is 23.9 Å². The first-order valence-corrected chi connectivity index (χ1v) is 6.02. The average molecular weight is 291 g/mol. The minimum Gasteiger partial charge on any atom is -0.488 e. The highest BCUT2D eigenvalue weighted by Gasteiger charge is 2.34. The van der Waals surface area contributed by atoms with Crippen LogP contribution in [-0.2, 0) is 12.8 Å². The molecule has 1 aliphatic rings. The zero-order chi connectivity index (χ0) is 15.0. The summed E-state index contributed by atoms with van der Waals surface area (Å²) in [5.74, 6) is 1.20. The molecule has 0 saturated carbocycles. The van der Waals surface area contributed by atoms with Gasteiger partial charge in [0.05, 0.1) is 17.2 Å². The number of rotatable bonds is 2. The molecule has 1 heterocycles. The van der Waals surface area contributed by atoms with E-state index in [2.05, 4.69) is 0 Å². The SMILES string of the molecule is N#Cc1ccc(Oc2ccc3c(c2)CO3)cc1C(F)(F)F. The van der Waals surface area contributed by atoms with E-state index >= 15 is 0 Å². The summed E-state index contributed by atoms with van der Waals surface area (Å²) >= 11 is 0. The van der Waals surface area contributed by atoms with Gasteiger partial charge in [0.2, 0.25) is 0 Å². The van der Waals surface area contributed by atoms with E-state index < -0.39 is 17.3 Å². The summed E-state index contributed by atoms with van der Waals surface area (Å²) in [6, 6.07) is 9.82. The van der Waals surface area contributed by atoms with Gasteiger partial charge in [-0.15, -0.1) is 0 Å². The number of halogens is 3. The highest BCUT2D eigenvalue weighted by Crippen LogP contribution is 2.37. The molecular weight excluding hydrogens is 283 g/mol. The zero-order valence-electron chi connectivity index (χ0n) is 10.6. The number of ether oxygens (including phenoxy) is 2. The lowest BCUT2D eigenvalue weighted by molar-refractivity contribution is -0.137. The van der Waals surface area contributed by atoms with Crippen LogP contribution in [0.15, 0.2) is 36.4 Å². The Morgan fingerprint density at radius 1 is 1.10 bits per heavy atom. The third-order valence-electron chi connectivity index (χ3n) is 3.07. The maximum absolute atomic E-state index is 12.9. The van der Waals surface area contributed by atoms with Crippen molar-refractivity contribution in [3.63, 3.8) is 0 Å². The van der Waals surface area contributed by atoms with E-state index in [0.29, 0.717) is 12.4 Å². The van der Waals surface area contributed by atoms with Crippen LogP contribution < -0.4 is 9.47 Å². The summed E-state index contributed by atoms with van der Waals surface area (Å²) in [5, 5.41) is 8.73. The molecule has 0 fully saturated rings. The first kappa shape index (κ1) is 13.3. The monoisotopic (exact) mass is 291 g/mol. The second-order valence-electron chi connectivity index (χ2n) is 4.48. The van der Waals surface area contributed by atoms with Crippen LogP contribution in [0.2, 0.25) is 0 Å². The molecule has 0 unspecified atom stereocenters. The Bertz CT molecular complexity index is 748. The first-order chi connectivity index (χ1) is 9.97. The molecule has 0 spiro atoms. The van der Waals surface area contributed by atoms with E-state index in [0.717, 1.165) is 23.4 Å². The van der Waals surface area contributed by atoms with Gasteiger partial charge in [-0.05, 0) is 36.4 Å². The first-order valence-electron chi connectivity index (χ1n) is 6.02. The maximum atomic E-state index is 12.9. The quantitative estimate of drug-likeness (QED) is 0.830. The van der Waals surface area contributed by atoms with Crippen molar-refractivity contribution in [3.05, 3.63) is 53.1 Å². The molecule has 0 aromatic heterocycles. The molecule has 2 aromatic rings. The Morgan fingerprint density at radius 3 is 2.38 bits per heavy atom. The van der Waals surface area contributed by atoms with Crippen LogP contribution in [0.4, 0.5) is 13.2 Å². The fourth-order valence-corrected chi connectivity index (χ4v) is 2.00. The van der Waals surface area contributed by atoms with Crippen molar-refractivity contribution in [2.24, 2.45) is 0 Å². The van der Waals surface area contributed by atoms with E-state index in [1.165, 1.54) is 12.1 Å². The lowest BCUT2D eigenvalue weighted by Crippen LogP contribution is -2.09. The normalized spacial score (nSPS) is 12.7. The second kappa shape index (κ2) is 4.70. The largest absolute Gasteiger partial charge is 0.488 e. The predicted octanol–water partition coefficient (Wildman–Crippen LogP) is 4.26. The summed E-state index contributed by atoms with van der Waals surface area (Å²) < 4.78 is 49.1. The fraction of sp³-hybridized carbons (Fsp3) is 0.133. The molecule has 2 aromatic carbocycles. The van der Waals surface area contributed by atoms with Gasteiger partial charge >= 0.3 is 6.18 Å². The minimum atomic E-state index is -4.60. The molecule has 0 amide bonds. The summed E-state index contributed by atoms with van der Waals surface area (Å²) in [6.45, 7) is 0.466. The number of nitrogens with zero attached hydrogens (tertiary/aromatic N) is 1. The van der Waals surface area contributed by atoms with E-state index in [4.69, 9.17) is 14.7 Å². The molecule has 3 nitrogen and oxygen atoms in total. The smallest absolute Gasteiger partial charge is 0.417 e. The molecule has 0 atom stereocenters. The molecule has 0 radical (unpaired) electrons. The molecule has 0 N–H and O–H groups in total. The summed E-state index contributed by atoms with van der Waals surface area (Å²) in [7, 11) is 0. The van der Waals surface area contributed by atoms with Gasteiger partial charge in [-0.3, -0.25) is 0 Å². The predicted molar refractivity (Wildman–Crippen MR) is 67.0 cm³/mol. The van der Waals surface area contributed by atoms with Gasteiger partial charge < -0.3 is 9.47 Å². The third-order valence-corrected chi connectivity index (χ3v) is 3.07. The minimum absolute atomic E-state index is 0.0292. The highest BCUT2D eigenvalue weighted by molar-refractivity contribution is 5.48. The van der Waals surface area contributed by atoms with Crippen molar-refractivity contribution >= 4 is 0 Å². The molecule has 0 aliphatic carbocycles. The van der Waals surface area contributed by atoms with Crippen LogP contribution in [0.5, 0.6) is 17.2 Å². The van der Waals surface area contributed by atoms with Crippen LogP contribution in [0.3, 0.4) is 0 Å². The molecular formula is C15H8F3NO2. The van der Waals surface area contributed by atoms with Crippen molar-refractivity contribution in [1.29, 1.82) is 5.26 Å². The number of hydrogen-bond acceptors (Lipinski definition) is 3. The average Bonchev–Trinajstić information content (AvgIpc) is 2.41. The number of alkyl halides is 3. The van der Waals surface area contributed by atoms with E-state index in [-0.39, 0.29) is 5.75 Å². The summed E-state index contributed by atoms with van der Waals surface area (Å²) in [5.41, 5.74) is -0.493. The van der Waals surface area contributed by atoms with Crippen molar-refractivity contribution in [2.75, 3.05) is 0 Å². The second-order valence-corrected chi connectivity index (χ2v) is 4.48. The van der Waals surface area contributed by atoms with Gasteiger partial charge in [0.15, 0.2) is 0 Å². The number of nitriles is 1. The van der Waals surface area contributed by atoms with Crippen LogP contribution in [0.1, 0.15) is 16.7 Å². The lowest BCUT2D eigenvalue weighted by atomic mass is 10.1. The number of hydrogen-bond donors (Lipinski definition) is 0. The van der Waals surface area contributed by atoms with Crippen LogP contribution >= 0.6 is 0 Å². The topological polar surface area (TPSA) is 42.2 Å². The standard InChI is InChI=1S/C15H8F3NO2/c16-15(17,18)13-6-12(2-1-9(13)7-19)21-11-3-4-14-10(5-11)8-20-14/h1-6H,8H2. The van der Waals surface area contributed by atoms with Gasteiger partial charge in [0.25, 0.3) is 0 Å². The van der Waals surface area contributed by atoms with E-state index in [1.807, 2.05) is 0 Å². The van der Waals surface area contributed by atoms with Crippen molar-refractivity contribution in [3.8, 4) is 23.3 Å². The Labute approximate surface area is 118 Å². The van der Waals surface area contributed by atoms with E-state index in [9.17, 15) is 13.2 Å². The molecule has 3 rings (SSSR count). The summed E-state index contributed by atoms with van der Waals surface area (Å²) in [6.07, 6.45) is -4.60. The Balaban J connectivity index is 1.92. The molecule has 6 heteroatoms. The Kier molecular flexibility index (Phi) is 2.98. The van der Waals surface area contributed by atoms with Crippen molar-refractivity contribution < 1.29 is 22.6 Å². The van der Waals surface area contributed by atoms with Gasteiger partial charge in [0, 0.05) is 5.56 Å². The van der Waals surface area contributed by atoms with Gasteiger partial charge in [-0.25, -0.2) is 0 Å². The third kappa shape index (κ3) is 2.50. The lowest BCUT2D eigenvalue weighted by Gasteiger charge is -2.20. The van der Waals surface area contributed by atoms with E-state index in [1.54, 1.807) is 18.2 Å². The molecule has 0 bridgehead atoms. The van der Waals surface area contributed by atoms with Crippen LogP contribution in [0.25, 0.3) is 0 Å². The summed E-state index contributed by atoms with van der Waals surface area (Å²) in [4.78, 5) is 0. The molecule has 21 heavy (non-hydrogen) atoms. The Morgan fingerprint density at radius 2 is 1.81 bits per heavy atom. The van der Waals surface area contributed by atoms with Crippen molar-refractivity contribution in [1.82, 2.24) is 0 Å².